The summed E-state index contributed by atoms with van der Waals surface area (Å²) in [4.78, 5) is 16.6. The Bertz CT molecular complexity index is 791. The van der Waals surface area contributed by atoms with Crippen molar-refractivity contribution >= 4 is 46.7 Å². The van der Waals surface area contributed by atoms with E-state index in [9.17, 15) is 4.79 Å². The zero-order chi connectivity index (χ0) is 18.7. The molecule has 0 bridgehead atoms. The normalized spacial score (nSPS) is 16.5. The molecule has 0 unspecified atom stereocenters. The topological polar surface area (TPSA) is 72.7 Å². The summed E-state index contributed by atoms with van der Waals surface area (Å²) in [6, 6.07) is 1.97. The fourth-order valence-corrected chi connectivity index (χ4v) is 4.52. The molecule has 1 amide bonds. The van der Waals surface area contributed by atoms with Crippen LogP contribution in [0.4, 0.5) is 5.82 Å². The van der Waals surface area contributed by atoms with Crippen LogP contribution in [0.15, 0.2) is 17.4 Å². The summed E-state index contributed by atoms with van der Waals surface area (Å²) >= 11 is 13.3. The number of aromatic nitrogens is 4. The number of thioether (sulfide) groups is 1. The van der Waals surface area contributed by atoms with E-state index in [4.69, 9.17) is 23.2 Å². The molecule has 0 spiro atoms. The van der Waals surface area contributed by atoms with Crippen LogP contribution in [0.25, 0.3) is 0 Å². The van der Waals surface area contributed by atoms with E-state index >= 15 is 0 Å². The molecule has 0 aromatic carbocycles. The van der Waals surface area contributed by atoms with Crippen LogP contribution in [0.2, 0.25) is 10.0 Å². The van der Waals surface area contributed by atoms with Crippen molar-refractivity contribution in [1.82, 2.24) is 19.7 Å². The van der Waals surface area contributed by atoms with Crippen molar-refractivity contribution in [2.75, 3.05) is 5.32 Å². The maximum Gasteiger partial charge on any atom is 0.238 e. The van der Waals surface area contributed by atoms with Gasteiger partial charge in [0.1, 0.15) is 5.82 Å². The van der Waals surface area contributed by atoms with Crippen LogP contribution in [0.3, 0.4) is 0 Å². The minimum absolute atomic E-state index is 0.192. The molecule has 1 aliphatic rings. The van der Waals surface area contributed by atoms with Gasteiger partial charge in [-0.05, 0) is 32.8 Å². The fraction of sp³-hybridized carbons (Fsp3) is 0.529. The lowest BCUT2D eigenvalue weighted by molar-refractivity contribution is -0.115. The molecule has 1 N–H and O–H groups in total. The quantitative estimate of drug-likeness (QED) is 0.704. The van der Waals surface area contributed by atoms with E-state index < -0.39 is 0 Å². The Balaban J connectivity index is 1.69. The number of hydrogen-bond acceptors (Lipinski definition) is 5. The summed E-state index contributed by atoms with van der Waals surface area (Å²) in [5.41, 5.74) is 0. The molecule has 1 aliphatic carbocycles. The van der Waals surface area contributed by atoms with Gasteiger partial charge < -0.3 is 9.88 Å². The molecule has 3 rings (SSSR count). The van der Waals surface area contributed by atoms with Crippen molar-refractivity contribution in [2.24, 2.45) is 0 Å². The first-order valence-corrected chi connectivity index (χ1v) is 10.3. The van der Waals surface area contributed by atoms with Gasteiger partial charge in [0.15, 0.2) is 11.0 Å². The number of amides is 1. The highest BCUT2D eigenvalue weighted by molar-refractivity contribution is 8.00. The van der Waals surface area contributed by atoms with Crippen LogP contribution in [-0.4, -0.2) is 30.9 Å². The highest BCUT2D eigenvalue weighted by Crippen LogP contribution is 2.34. The second-order valence-corrected chi connectivity index (χ2v) is 8.58. The predicted molar refractivity (Wildman–Crippen MR) is 105 cm³/mol. The van der Waals surface area contributed by atoms with E-state index in [1.807, 2.05) is 13.8 Å². The first-order chi connectivity index (χ1) is 12.5. The first-order valence-electron chi connectivity index (χ1n) is 8.65. The molecule has 1 saturated carbocycles. The molecular weight excluding hydrogens is 393 g/mol. The van der Waals surface area contributed by atoms with Crippen molar-refractivity contribution in [3.05, 3.63) is 28.1 Å². The number of rotatable bonds is 5. The van der Waals surface area contributed by atoms with Crippen LogP contribution < -0.4 is 5.32 Å². The molecule has 1 atom stereocenters. The third-order valence-corrected chi connectivity index (χ3v) is 6.03. The predicted octanol–water partition coefficient (Wildman–Crippen LogP) is 4.91. The van der Waals surface area contributed by atoms with Gasteiger partial charge in [-0.1, -0.05) is 54.2 Å². The lowest BCUT2D eigenvalue weighted by Gasteiger charge is -2.25. The number of aryl methyl sites for hydroxylation is 1. The van der Waals surface area contributed by atoms with Gasteiger partial charge >= 0.3 is 0 Å². The van der Waals surface area contributed by atoms with Crippen molar-refractivity contribution in [1.29, 1.82) is 0 Å². The largest absolute Gasteiger partial charge is 0.308 e. The summed E-state index contributed by atoms with van der Waals surface area (Å²) in [5, 5.41) is 12.4. The van der Waals surface area contributed by atoms with Gasteiger partial charge in [0.25, 0.3) is 0 Å². The van der Waals surface area contributed by atoms with E-state index in [1.165, 1.54) is 37.2 Å². The second kappa shape index (κ2) is 8.59. The summed E-state index contributed by atoms with van der Waals surface area (Å²) in [6.45, 7) is 3.80. The van der Waals surface area contributed by atoms with E-state index in [-0.39, 0.29) is 11.2 Å². The van der Waals surface area contributed by atoms with Crippen LogP contribution in [0.1, 0.15) is 50.9 Å². The molecule has 26 heavy (non-hydrogen) atoms. The number of hydrogen-bond donors (Lipinski definition) is 1. The van der Waals surface area contributed by atoms with Crippen LogP contribution >= 0.6 is 35.0 Å². The average molecular weight is 414 g/mol. The summed E-state index contributed by atoms with van der Waals surface area (Å²) < 4.78 is 2.18. The van der Waals surface area contributed by atoms with Crippen molar-refractivity contribution in [2.45, 2.75) is 62.4 Å². The Morgan fingerprint density at radius 3 is 2.73 bits per heavy atom. The van der Waals surface area contributed by atoms with Gasteiger partial charge in [-0.2, -0.15) is 0 Å². The molecule has 0 radical (unpaired) electrons. The van der Waals surface area contributed by atoms with Crippen molar-refractivity contribution in [3.63, 3.8) is 0 Å². The van der Waals surface area contributed by atoms with Crippen LogP contribution in [0, 0.1) is 6.92 Å². The van der Waals surface area contributed by atoms with Crippen molar-refractivity contribution in [3.8, 4) is 0 Å². The summed E-state index contributed by atoms with van der Waals surface area (Å²) in [5.74, 6) is 1.01. The Hall–Kier alpha value is -1.31. The van der Waals surface area contributed by atoms with Gasteiger partial charge in [0, 0.05) is 12.2 Å². The number of nitrogens with one attached hydrogen (secondary N) is 1. The third kappa shape index (κ3) is 4.50. The van der Waals surface area contributed by atoms with Gasteiger partial charge in [-0.15, -0.1) is 10.2 Å². The molecule has 0 aliphatic heterocycles. The molecule has 2 aromatic rings. The number of carbonyl (C=O) groups excluding carboxylic acids is 1. The molecule has 2 heterocycles. The summed E-state index contributed by atoms with van der Waals surface area (Å²) in [6.07, 6.45) is 7.46. The standard InChI is InChI=1S/C17H21Cl2N5OS/c1-10(16(25)21-15-14(19)8-12(18)9-20-15)26-17-23-22-11(2)24(17)13-6-4-3-5-7-13/h8-10,13H,3-7H2,1-2H3,(H,20,21,25)/t10-/m1/s1. The average Bonchev–Trinajstić information content (AvgIpc) is 2.98. The van der Waals surface area contributed by atoms with E-state index in [0.717, 1.165) is 23.8 Å². The minimum Gasteiger partial charge on any atom is -0.308 e. The number of pyridine rings is 1. The maximum atomic E-state index is 12.5. The van der Waals surface area contributed by atoms with Crippen LogP contribution in [0.5, 0.6) is 0 Å². The molecule has 2 aromatic heterocycles. The smallest absolute Gasteiger partial charge is 0.238 e. The fourth-order valence-electron chi connectivity index (χ4n) is 3.13. The SMILES string of the molecule is Cc1nnc(S[C@H](C)C(=O)Nc2ncc(Cl)cc2Cl)n1C1CCCCC1. The Morgan fingerprint density at radius 1 is 1.31 bits per heavy atom. The number of nitrogens with zero attached hydrogens (tertiary/aromatic N) is 4. The Morgan fingerprint density at radius 2 is 2.04 bits per heavy atom. The zero-order valence-electron chi connectivity index (χ0n) is 14.7. The molecule has 9 heteroatoms. The number of halogens is 2. The van der Waals surface area contributed by atoms with Gasteiger partial charge in [-0.25, -0.2) is 4.98 Å². The lowest BCUT2D eigenvalue weighted by Crippen LogP contribution is -2.24. The van der Waals surface area contributed by atoms with E-state index in [0.29, 0.717) is 21.9 Å². The Labute approximate surface area is 167 Å². The molecule has 0 saturated heterocycles. The summed E-state index contributed by atoms with van der Waals surface area (Å²) in [7, 11) is 0. The molecule has 140 valence electrons. The second-order valence-electron chi connectivity index (χ2n) is 6.42. The number of carbonyl (C=O) groups is 1. The minimum atomic E-state index is -0.366. The molecule has 6 nitrogen and oxygen atoms in total. The van der Waals surface area contributed by atoms with E-state index in [2.05, 4.69) is 25.1 Å². The van der Waals surface area contributed by atoms with Gasteiger partial charge in [0.05, 0.1) is 15.3 Å². The highest BCUT2D eigenvalue weighted by Gasteiger charge is 2.25. The lowest BCUT2D eigenvalue weighted by atomic mass is 9.95. The van der Waals surface area contributed by atoms with Crippen molar-refractivity contribution < 1.29 is 4.79 Å². The highest BCUT2D eigenvalue weighted by atomic mass is 35.5. The number of anilines is 1. The molecular formula is C17H21Cl2N5OS. The Kier molecular flexibility index (Phi) is 6.42. The van der Waals surface area contributed by atoms with Gasteiger partial charge in [-0.3, -0.25) is 4.79 Å². The molecule has 1 fully saturated rings. The monoisotopic (exact) mass is 413 g/mol. The maximum absolute atomic E-state index is 12.5. The third-order valence-electron chi connectivity index (χ3n) is 4.48. The van der Waals surface area contributed by atoms with E-state index in [1.54, 1.807) is 6.07 Å². The van der Waals surface area contributed by atoms with Gasteiger partial charge in [0.2, 0.25) is 5.91 Å². The zero-order valence-corrected chi connectivity index (χ0v) is 17.0. The first kappa shape index (κ1) is 19.5. The van der Waals surface area contributed by atoms with Crippen LogP contribution in [-0.2, 0) is 4.79 Å².